The van der Waals surface area contributed by atoms with Gasteiger partial charge in [-0.3, -0.25) is 14.6 Å². The van der Waals surface area contributed by atoms with Gasteiger partial charge < -0.3 is 19.7 Å². The van der Waals surface area contributed by atoms with Crippen molar-refractivity contribution in [3.63, 3.8) is 0 Å². The van der Waals surface area contributed by atoms with E-state index in [1.165, 1.54) is 11.6 Å². The number of benzene rings is 1. The first kappa shape index (κ1) is 27.1. The number of carbonyl (C=O) groups is 2. The molecule has 4 aliphatic rings. The monoisotopic (exact) mass is 534 g/mol. The third-order valence-electron chi connectivity index (χ3n) is 7.90. The summed E-state index contributed by atoms with van der Waals surface area (Å²) in [5.41, 5.74) is 3.11. The molecule has 10 heteroatoms. The number of carbonyl (C=O) groups excluding carboxylic acids is 2. The maximum atomic E-state index is 12.7. The van der Waals surface area contributed by atoms with E-state index in [0.717, 1.165) is 43.5 Å². The number of aromatic nitrogens is 2. The quantitative estimate of drug-likeness (QED) is 0.576. The Hall–Kier alpha value is -3.50. The van der Waals surface area contributed by atoms with Crippen molar-refractivity contribution in [1.29, 1.82) is 0 Å². The molecule has 4 aliphatic heterocycles. The van der Waals surface area contributed by atoms with Gasteiger partial charge in [-0.2, -0.15) is 4.98 Å². The predicted octanol–water partition coefficient (Wildman–Crippen LogP) is 4.07. The summed E-state index contributed by atoms with van der Waals surface area (Å²) >= 11 is 0. The van der Waals surface area contributed by atoms with Crippen LogP contribution in [-0.2, 0) is 20.9 Å². The molecule has 0 aliphatic carbocycles. The van der Waals surface area contributed by atoms with Gasteiger partial charge in [-0.1, -0.05) is 30.8 Å². The Morgan fingerprint density at radius 2 is 1.85 bits per heavy atom. The summed E-state index contributed by atoms with van der Waals surface area (Å²) < 4.78 is 11.6. The minimum absolute atomic E-state index is 0.0146. The number of ether oxygens (including phenoxy) is 2. The van der Waals surface area contributed by atoms with E-state index in [1.807, 2.05) is 11.8 Å². The highest BCUT2D eigenvalue weighted by Crippen LogP contribution is 2.30. The average molecular weight is 535 g/mol. The molecule has 208 valence electrons. The number of hydrogen-bond donors (Lipinski definition) is 1. The molecule has 1 saturated heterocycles. The number of piperazine rings is 1. The summed E-state index contributed by atoms with van der Waals surface area (Å²) in [5, 5.41) is 3.40. The van der Waals surface area contributed by atoms with Crippen LogP contribution in [0.1, 0.15) is 61.9 Å². The highest BCUT2D eigenvalue weighted by molar-refractivity contribution is 5.89. The zero-order valence-corrected chi connectivity index (χ0v) is 22.8. The van der Waals surface area contributed by atoms with Gasteiger partial charge in [-0.15, -0.1) is 0 Å². The fraction of sp³-hybridized carbons (Fsp3) is 0.517. The molecule has 1 fully saturated rings. The number of amides is 2. The molecule has 39 heavy (non-hydrogen) atoms. The molecule has 0 spiro atoms. The maximum absolute atomic E-state index is 12.7. The van der Waals surface area contributed by atoms with Gasteiger partial charge in [0.05, 0.1) is 24.3 Å². The predicted molar refractivity (Wildman–Crippen MR) is 148 cm³/mol. The van der Waals surface area contributed by atoms with E-state index >= 15 is 0 Å². The van der Waals surface area contributed by atoms with Crippen molar-refractivity contribution in [3.05, 3.63) is 59.8 Å². The van der Waals surface area contributed by atoms with E-state index < -0.39 is 0 Å². The lowest BCUT2D eigenvalue weighted by Crippen LogP contribution is -2.50. The maximum Gasteiger partial charge on any atom is 0.416 e. The van der Waals surface area contributed by atoms with Crippen LogP contribution in [0.4, 0.5) is 16.6 Å². The SMILES string of the molecule is C=CC(=O)N1CCN(C2COCCCC[C@H](C)N3C(=O)OCc4cnc(nc43)N[C@@H](C)c3ccc2cc3)CC1. The largest absolute Gasteiger partial charge is 0.444 e. The number of nitrogens with one attached hydrogen (secondary N) is 1. The molecule has 1 aromatic heterocycles. The van der Waals surface area contributed by atoms with Crippen molar-refractivity contribution in [2.45, 2.75) is 57.8 Å². The van der Waals surface area contributed by atoms with Gasteiger partial charge in [-0.05, 0) is 50.3 Å². The van der Waals surface area contributed by atoms with E-state index in [0.29, 0.717) is 38.1 Å². The third-order valence-corrected chi connectivity index (χ3v) is 7.90. The number of hydrogen-bond acceptors (Lipinski definition) is 8. The van der Waals surface area contributed by atoms with E-state index in [-0.39, 0.29) is 36.7 Å². The minimum atomic E-state index is -0.369. The molecule has 4 bridgehead atoms. The molecule has 0 saturated carbocycles. The van der Waals surface area contributed by atoms with Gasteiger partial charge in [0.1, 0.15) is 12.4 Å². The Kier molecular flexibility index (Phi) is 8.42. The van der Waals surface area contributed by atoms with E-state index in [4.69, 9.17) is 14.5 Å². The summed E-state index contributed by atoms with van der Waals surface area (Å²) in [6.45, 7) is 12.1. The Bertz CT molecular complexity index is 1180. The standard InChI is InChI=1S/C29H38N6O4/c1-4-26(36)34-14-12-33(13-15-34)25-19-38-16-6-5-7-20(2)35-27-24(18-39-29(35)37)17-30-28(32-27)31-21(3)22-8-10-23(25)11-9-22/h4,8-11,17,20-21,25H,1,5-7,12-16,18-19H2,2-3H3,(H,30,31,32)/t20-,21-,25?/m0/s1. The van der Waals surface area contributed by atoms with Gasteiger partial charge in [-0.25, -0.2) is 9.78 Å². The summed E-state index contributed by atoms with van der Waals surface area (Å²) in [7, 11) is 0. The van der Waals surface area contributed by atoms with Crippen molar-refractivity contribution in [3.8, 4) is 0 Å². The van der Waals surface area contributed by atoms with Crippen LogP contribution in [0.3, 0.4) is 0 Å². The molecule has 1 N–H and O–H groups in total. The number of anilines is 2. The van der Waals surface area contributed by atoms with E-state index in [2.05, 4.69) is 53.0 Å². The molecule has 10 nitrogen and oxygen atoms in total. The van der Waals surface area contributed by atoms with Crippen LogP contribution in [-0.4, -0.2) is 77.2 Å². The average Bonchev–Trinajstić information content (AvgIpc) is 2.96. The first-order valence-electron chi connectivity index (χ1n) is 13.9. The molecule has 2 aromatic rings. The summed E-state index contributed by atoms with van der Waals surface area (Å²) in [6.07, 6.45) is 5.37. The smallest absolute Gasteiger partial charge is 0.416 e. The summed E-state index contributed by atoms with van der Waals surface area (Å²) in [4.78, 5) is 39.9. The Balaban J connectivity index is 1.38. The molecule has 1 aromatic carbocycles. The van der Waals surface area contributed by atoms with E-state index in [1.54, 1.807) is 11.1 Å². The lowest BCUT2D eigenvalue weighted by molar-refractivity contribution is -0.128. The Morgan fingerprint density at radius 1 is 1.10 bits per heavy atom. The van der Waals surface area contributed by atoms with Crippen molar-refractivity contribution < 1.29 is 19.1 Å². The fourth-order valence-corrected chi connectivity index (χ4v) is 5.51. The van der Waals surface area contributed by atoms with Gasteiger partial charge in [0, 0.05) is 45.0 Å². The molecule has 3 atom stereocenters. The fourth-order valence-electron chi connectivity index (χ4n) is 5.51. The van der Waals surface area contributed by atoms with Crippen LogP contribution < -0.4 is 10.2 Å². The van der Waals surface area contributed by atoms with Crippen molar-refractivity contribution in [2.24, 2.45) is 0 Å². The number of nitrogens with zero attached hydrogens (tertiary/aromatic N) is 5. The van der Waals surface area contributed by atoms with Crippen molar-refractivity contribution in [2.75, 3.05) is 49.6 Å². The van der Waals surface area contributed by atoms with Crippen molar-refractivity contribution in [1.82, 2.24) is 19.8 Å². The molecule has 2 amide bonds. The van der Waals surface area contributed by atoms with Gasteiger partial charge in [0.2, 0.25) is 11.9 Å². The third kappa shape index (κ3) is 6.07. The molecule has 1 unspecified atom stereocenters. The molecule has 0 radical (unpaired) electrons. The normalized spacial score (nSPS) is 24.8. The second-order valence-corrected chi connectivity index (χ2v) is 10.5. The highest BCUT2D eigenvalue weighted by atomic mass is 16.6. The Labute approximate surface area is 230 Å². The molecule has 6 rings (SSSR count). The lowest BCUT2D eigenvalue weighted by atomic mass is 10.0. The highest BCUT2D eigenvalue weighted by Gasteiger charge is 2.32. The number of cyclic esters (lactones) is 1. The first-order valence-corrected chi connectivity index (χ1v) is 13.9. The topological polar surface area (TPSA) is 100 Å². The second kappa shape index (κ2) is 12.1. The van der Waals surface area contributed by atoms with Gasteiger partial charge in [0.15, 0.2) is 0 Å². The zero-order chi connectivity index (χ0) is 27.4. The first-order chi connectivity index (χ1) is 18.9. The zero-order valence-electron chi connectivity index (χ0n) is 22.8. The minimum Gasteiger partial charge on any atom is -0.444 e. The van der Waals surface area contributed by atoms with Gasteiger partial charge in [0.25, 0.3) is 0 Å². The van der Waals surface area contributed by atoms with Crippen LogP contribution >= 0.6 is 0 Å². The summed E-state index contributed by atoms with van der Waals surface area (Å²) in [5.74, 6) is 1.09. The van der Waals surface area contributed by atoms with Crippen LogP contribution in [0.5, 0.6) is 0 Å². The van der Waals surface area contributed by atoms with Crippen LogP contribution in [0, 0.1) is 0 Å². The molecular formula is C29H38N6O4. The van der Waals surface area contributed by atoms with Crippen molar-refractivity contribution >= 4 is 23.8 Å². The van der Waals surface area contributed by atoms with Crippen LogP contribution in [0.2, 0.25) is 0 Å². The molecular weight excluding hydrogens is 496 g/mol. The molecule has 5 heterocycles. The Morgan fingerprint density at radius 3 is 2.59 bits per heavy atom. The lowest BCUT2D eigenvalue weighted by Gasteiger charge is -2.39. The van der Waals surface area contributed by atoms with Crippen LogP contribution in [0.25, 0.3) is 0 Å². The second-order valence-electron chi connectivity index (χ2n) is 10.5. The van der Waals surface area contributed by atoms with Gasteiger partial charge >= 0.3 is 6.09 Å². The van der Waals surface area contributed by atoms with E-state index in [9.17, 15) is 9.59 Å². The number of rotatable bonds is 2. The summed E-state index contributed by atoms with van der Waals surface area (Å²) in [6, 6.07) is 8.58. The number of fused-ring (bicyclic) bond motifs is 10. The van der Waals surface area contributed by atoms with Crippen LogP contribution in [0.15, 0.2) is 43.1 Å².